The lowest BCUT2D eigenvalue weighted by molar-refractivity contribution is 0.319. The van der Waals surface area contributed by atoms with Gasteiger partial charge in [0.2, 0.25) is 5.03 Å². The van der Waals surface area contributed by atoms with Crippen LogP contribution in [0.15, 0.2) is 39.1 Å². The van der Waals surface area contributed by atoms with Crippen molar-refractivity contribution in [2.75, 3.05) is 4.72 Å². The van der Waals surface area contributed by atoms with Crippen LogP contribution in [0.4, 0.5) is 5.69 Å². The number of rotatable bonds is 4. The number of nitrogens with one attached hydrogen (secondary N) is 1. The fraction of sp³-hybridized carbons (Fsp3) is 0.182. The van der Waals surface area contributed by atoms with E-state index in [1.54, 1.807) is 31.2 Å². The number of oxime groups is 1. The fourth-order valence-corrected chi connectivity index (χ4v) is 3.82. The number of halogens is 1. The monoisotopic (exact) mass is 373 g/mol. The molecule has 0 spiro atoms. The second-order valence-electron chi connectivity index (χ2n) is 4.18. The zero-order chi connectivity index (χ0) is 15.6. The molecule has 2 N–H and O–H groups in total. The minimum absolute atomic E-state index is 0.0829. The van der Waals surface area contributed by atoms with Gasteiger partial charge < -0.3 is 5.21 Å². The molecule has 8 nitrogen and oxygen atoms in total. The maximum Gasteiger partial charge on any atom is 0.281 e. The molecule has 2 rings (SSSR count). The van der Waals surface area contributed by atoms with Crippen LogP contribution in [0.25, 0.3) is 0 Å². The molecule has 1 aromatic heterocycles. The lowest BCUT2D eigenvalue weighted by atomic mass is 10.1. The summed E-state index contributed by atoms with van der Waals surface area (Å²) >= 11 is 3.05. The first-order chi connectivity index (χ1) is 9.85. The van der Waals surface area contributed by atoms with Gasteiger partial charge in [-0.05, 0) is 35.0 Å². The van der Waals surface area contributed by atoms with E-state index in [9.17, 15) is 8.42 Å². The van der Waals surface area contributed by atoms with E-state index in [2.05, 4.69) is 36.1 Å². The van der Waals surface area contributed by atoms with Gasteiger partial charge in [0.25, 0.3) is 10.0 Å². The molecule has 0 aliphatic heterocycles. The number of aromatic nitrogens is 3. The molecule has 0 atom stereocenters. The molecular formula is C11H12BrN5O3S. The van der Waals surface area contributed by atoms with E-state index in [0.29, 0.717) is 17.0 Å². The summed E-state index contributed by atoms with van der Waals surface area (Å²) in [4.78, 5) is 0. The predicted molar refractivity (Wildman–Crippen MR) is 80.0 cm³/mol. The minimum Gasteiger partial charge on any atom is -0.411 e. The smallest absolute Gasteiger partial charge is 0.281 e. The van der Waals surface area contributed by atoms with Crippen LogP contribution in [0.1, 0.15) is 12.5 Å². The molecule has 0 saturated carbocycles. The number of aryl methyl sites for hydroxylation is 1. The minimum atomic E-state index is -3.84. The van der Waals surface area contributed by atoms with Crippen molar-refractivity contribution in [3.05, 3.63) is 34.4 Å². The Hall–Kier alpha value is -1.94. The number of nitrogens with zero attached hydrogens (tertiary/aromatic N) is 4. The van der Waals surface area contributed by atoms with Crippen LogP contribution in [0.3, 0.4) is 0 Å². The maximum atomic E-state index is 12.3. The van der Waals surface area contributed by atoms with Gasteiger partial charge in [-0.15, -0.1) is 5.10 Å². The van der Waals surface area contributed by atoms with Crippen molar-refractivity contribution < 1.29 is 13.6 Å². The third-order valence-corrected chi connectivity index (χ3v) is 4.94. The summed E-state index contributed by atoms with van der Waals surface area (Å²) < 4.78 is 28.4. The highest BCUT2D eigenvalue weighted by molar-refractivity contribution is 9.10. The topological polar surface area (TPSA) is 109 Å². The molecule has 2 aromatic rings. The number of hydrogen-bond acceptors (Lipinski definition) is 6. The molecule has 0 unspecified atom stereocenters. The van der Waals surface area contributed by atoms with Crippen molar-refractivity contribution in [2.45, 2.75) is 11.9 Å². The third kappa shape index (κ3) is 3.22. The highest BCUT2D eigenvalue weighted by Gasteiger charge is 2.24. The highest BCUT2D eigenvalue weighted by Crippen LogP contribution is 2.22. The van der Waals surface area contributed by atoms with E-state index in [-0.39, 0.29) is 9.63 Å². The first-order valence-electron chi connectivity index (χ1n) is 5.72. The Balaban J connectivity index is 2.38. The van der Waals surface area contributed by atoms with E-state index in [1.807, 2.05) is 0 Å². The summed E-state index contributed by atoms with van der Waals surface area (Å²) in [7, 11) is -2.36. The van der Waals surface area contributed by atoms with Gasteiger partial charge in [0.15, 0.2) is 4.60 Å². The Morgan fingerprint density at radius 2 is 2.19 bits per heavy atom. The largest absolute Gasteiger partial charge is 0.411 e. The van der Waals surface area contributed by atoms with E-state index >= 15 is 0 Å². The van der Waals surface area contributed by atoms with E-state index in [1.165, 1.54) is 7.05 Å². The van der Waals surface area contributed by atoms with Crippen molar-refractivity contribution in [3.8, 4) is 0 Å². The molecule has 112 valence electrons. The molecule has 0 radical (unpaired) electrons. The third-order valence-electron chi connectivity index (χ3n) is 2.67. The molecule has 0 amide bonds. The first-order valence-corrected chi connectivity index (χ1v) is 8.00. The van der Waals surface area contributed by atoms with Crippen molar-refractivity contribution in [1.82, 2.24) is 15.0 Å². The summed E-state index contributed by atoms with van der Waals surface area (Å²) in [6, 6.07) is 6.50. The van der Waals surface area contributed by atoms with Crippen LogP contribution >= 0.6 is 15.9 Å². The predicted octanol–water partition coefficient (Wildman–Crippen LogP) is 1.58. The normalized spacial score (nSPS) is 12.4. The maximum absolute atomic E-state index is 12.3. The van der Waals surface area contributed by atoms with E-state index in [4.69, 9.17) is 5.21 Å². The van der Waals surface area contributed by atoms with Gasteiger partial charge in [0.1, 0.15) is 0 Å². The lowest BCUT2D eigenvalue weighted by Crippen LogP contribution is -2.17. The van der Waals surface area contributed by atoms with Crippen molar-refractivity contribution in [2.24, 2.45) is 12.2 Å². The van der Waals surface area contributed by atoms with Gasteiger partial charge in [-0.2, -0.15) is 8.42 Å². The second kappa shape index (κ2) is 5.82. The SMILES string of the molecule is C/C(=N/O)c1cccc(NS(=O)(=O)c2c(Br)nnn2C)c1. The van der Waals surface area contributed by atoms with Gasteiger partial charge in [-0.25, -0.2) is 4.68 Å². The Morgan fingerprint density at radius 3 is 2.76 bits per heavy atom. The molecule has 1 aromatic carbocycles. The summed E-state index contributed by atoms with van der Waals surface area (Å²) in [5, 5.41) is 19.0. The quantitative estimate of drug-likeness (QED) is 0.480. The molecule has 0 fully saturated rings. The highest BCUT2D eigenvalue weighted by atomic mass is 79.9. The Labute approximate surface area is 129 Å². The molecule has 0 bridgehead atoms. The summed E-state index contributed by atoms with van der Waals surface area (Å²) in [6.07, 6.45) is 0. The molecule has 21 heavy (non-hydrogen) atoms. The van der Waals surface area contributed by atoms with Crippen LogP contribution in [0.5, 0.6) is 0 Å². The number of hydrogen-bond donors (Lipinski definition) is 2. The average molecular weight is 374 g/mol. The van der Waals surface area contributed by atoms with Crippen molar-refractivity contribution in [3.63, 3.8) is 0 Å². The van der Waals surface area contributed by atoms with Crippen LogP contribution in [0, 0.1) is 0 Å². The van der Waals surface area contributed by atoms with Crippen molar-refractivity contribution in [1.29, 1.82) is 0 Å². The van der Waals surface area contributed by atoms with Gasteiger partial charge in [0.05, 0.1) is 5.71 Å². The Morgan fingerprint density at radius 1 is 1.48 bits per heavy atom. The van der Waals surface area contributed by atoms with Crippen LogP contribution in [-0.2, 0) is 17.1 Å². The standard InChI is InChI=1S/C11H12BrN5O3S/c1-7(14-18)8-4-3-5-9(6-8)15-21(19,20)11-10(12)13-16-17(11)2/h3-6,15,18H,1-2H3/b14-7-. The average Bonchev–Trinajstić information content (AvgIpc) is 2.77. The molecule has 0 aliphatic rings. The van der Waals surface area contributed by atoms with Crippen LogP contribution in [-0.4, -0.2) is 34.3 Å². The second-order valence-corrected chi connectivity index (χ2v) is 6.53. The van der Waals surface area contributed by atoms with E-state index < -0.39 is 10.0 Å². The first kappa shape index (κ1) is 15.4. The number of benzene rings is 1. The summed E-state index contributed by atoms with van der Waals surface area (Å²) in [6.45, 7) is 1.61. The fourth-order valence-electron chi connectivity index (χ4n) is 1.68. The van der Waals surface area contributed by atoms with Gasteiger partial charge >= 0.3 is 0 Å². The molecular weight excluding hydrogens is 362 g/mol. The molecule has 0 saturated heterocycles. The zero-order valence-corrected chi connectivity index (χ0v) is 13.6. The summed E-state index contributed by atoms with van der Waals surface area (Å²) in [5.74, 6) is 0. The van der Waals surface area contributed by atoms with Gasteiger partial charge in [-0.3, -0.25) is 4.72 Å². The summed E-state index contributed by atoms with van der Waals surface area (Å²) in [5.41, 5.74) is 1.31. The van der Waals surface area contributed by atoms with Crippen molar-refractivity contribution >= 4 is 37.4 Å². The number of anilines is 1. The zero-order valence-electron chi connectivity index (χ0n) is 11.1. The molecule has 10 heteroatoms. The van der Waals surface area contributed by atoms with Gasteiger partial charge in [-0.1, -0.05) is 22.5 Å². The number of sulfonamides is 1. The lowest BCUT2D eigenvalue weighted by Gasteiger charge is -2.09. The van der Waals surface area contributed by atoms with Gasteiger partial charge in [0, 0.05) is 18.3 Å². The molecule has 1 heterocycles. The Bertz CT molecular complexity index is 780. The van der Waals surface area contributed by atoms with Crippen LogP contribution < -0.4 is 4.72 Å². The van der Waals surface area contributed by atoms with E-state index in [0.717, 1.165) is 4.68 Å². The van der Waals surface area contributed by atoms with Crippen LogP contribution in [0.2, 0.25) is 0 Å². The molecule has 0 aliphatic carbocycles. The Kier molecular flexibility index (Phi) is 4.28.